The van der Waals surface area contributed by atoms with E-state index >= 15 is 0 Å². The lowest BCUT2D eigenvalue weighted by atomic mass is 9.99. The van der Waals surface area contributed by atoms with Crippen LogP contribution in [0.5, 0.6) is 0 Å². The molecule has 0 aromatic carbocycles. The minimum absolute atomic E-state index is 0.203. The van der Waals surface area contributed by atoms with Crippen LogP contribution in [0.4, 0.5) is 0 Å². The number of carbonyl (C=O) groups is 1. The molecule has 1 aliphatic heterocycles. The Morgan fingerprint density at radius 3 is 2.94 bits per heavy atom. The van der Waals surface area contributed by atoms with E-state index in [-0.39, 0.29) is 5.91 Å². The fraction of sp³-hybridized carbons (Fsp3) is 0.636. The quantitative estimate of drug-likeness (QED) is 0.779. The Morgan fingerprint density at radius 2 is 2.44 bits per heavy atom. The molecule has 1 aliphatic rings. The van der Waals surface area contributed by atoms with Gasteiger partial charge in [0, 0.05) is 32.9 Å². The summed E-state index contributed by atoms with van der Waals surface area (Å²) in [4.78, 5) is 17.8. The van der Waals surface area contributed by atoms with Crippen molar-refractivity contribution < 1.29 is 4.79 Å². The van der Waals surface area contributed by atoms with E-state index < -0.39 is 0 Å². The fourth-order valence-electron chi connectivity index (χ4n) is 1.74. The molecule has 1 aromatic rings. The van der Waals surface area contributed by atoms with E-state index in [2.05, 4.69) is 10.3 Å². The van der Waals surface area contributed by atoms with Crippen LogP contribution in [-0.2, 0) is 18.4 Å². The Kier molecular flexibility index (Phi) is 3.24. The molecular weight excluding hydrogens is 204 g/mol. The molecule has 2 heterocycles. The van der Waals surface area contributed by atoms with Crippen LogP contribution in [0.25, 0.3) is 0 Å². The van der Waals surface area contributed by atoms with Gasteiger partial charge in [-0.05, 0) is 19.0 Å². The van der Waals surface area contributed by atoms with Crippen molar-refractivity contribution in [2.75, 3.05) is 20.1 Å². The van der Waals surface area contributed by atoms with Gasteiger partial charge in [0.25, 0.3) is 0 Å². The molecule has 0 bridgehead atoms. The molecule has 5 heteroatoms. The minimum Gasteiger partial charge on any atom is -0.338 e. The lowest BCUT2D eigenvalue weighted by Crippen LogP contribution is -2.44. The maximum atomic E-state index is 11.8. The van der Waals surface area contributed by atoms with Gasteiger partial charge in [0.2, 0.25) is 5.91 Å². The number of hydrogen-bond acceptors (Lipinski definition) is 3. The number of imidazole rings is 1. The third-order valence-electron chi connectivity index (χ3n) is 3.05. The van der Waals surface area contributed by atoms with Gasteiger partial charge < -0.3 is 14.8 Å². The number of aryl methyl sites for hydroxylation is 1. The molecule has 0 aliphatic carbocycles. The highest BCUT2D eigenvalue weighted by Crippen LogP contribution is 2.11. The van der Waals surface area contributed by atoms with Crippen LogP contribution in [0.15, 0.2) is 12.4 Å². The van der Waals surface area contributed by atoms with Crippen LogP contribution in [0.2, 0.25) is 0 Å². The van der Waals surface area contributed by atoms with Crippen molar-refractivity contribution in [3.05, 3.63) is 18.2 Å². The first-order valence-corrected chi connectivity index (χ1v) is 5.57. The highest BCUT2D eigenvalue weighted by molar-refractivity contribution is 5.76. The molecular formula is C11H18N4O. The first-order chi connectivity index (χ1) is 7.66. The molecule has 1 aromatic heterocycles. The monoisotopic (exact) mass is 222 g/mol. The van der Waals surface area contributed by atoms with Gasteiger partial charge in [-0.15, -0.1) is 0 Å². The topological polar surface area (TPSA) is 50.2 Å². The summed E-state index contributed by atoms with van der Waals surface area (Å²) in [5.74, 6) is 1.65. The first kappa shape index (κ1) is 11.1. The zero-order valence-electron chi connectivity index (χ0n) is 9.81. The van der Waals surface area contributed by atoms with Gasteiger partial charge in [-0.25, -0.2) is 4.98 Å². The van der Waals surface area contributed by atoms with Crippen molar-refractivity contribution in [1.29, 1.82) is 0 Å². The molecule has 5 nitrogen and oxygen atoms in total. The van der Waals surface area contributed by atoms with E-state index in [9.17, 15) is 4.79 Å². The zero-order chi connectivity index (χ0) is 11.5. The predicted molar refractivity (Wildman–Crippen MR) is 60.7 cm³/mol. The number of carbonyl (C=O) groups excluding carboxylic acids is 1. The van der Waals surface area contributed by atoms with Gasteiger partial charge in [-0.1, -0.05) is 0 Å². The molecule has 0 unspecified atom stereocenters. The summed E-state index contributed by atoms with van der Waals surface area (Å²) in [7, 11) is 3.78. The summed E-state index contributed by atoms with van der Waals surface area (Å²) in [6, 6.07) is 0. The molecule has 16 heavy (non-hydrogen) atoms. The number of nitrogens with one attached hydrogen (secondary N) is 1. The summed E-state index contributed by atoms with van der Waals surface area (Å²) < 4.78 is 1.94. The van der Waals surface area contributed by atoms with Crippen molar-refractivity contribution in [2.24, 2.45) is 13.0 Å². The van der Waals surface area contributed by atoms with E-state index in [4.69, 9.17) is 0 Å². The SMILES string of the molecule is CN(Cc1nccn1C)C(=O)CC1CNC1. The average Bonchev–Trinajstić information content (AvgIpc) is 2.58. The van der Waals surface area contributed by atoms with Gasteiger partial charge in [0.15, 0.2) is 0 Å². The van der Waals surface area contributed by atoms with Crippen LogP contribution in [-0.4, -0.2) is 40.5 Å². The third kappa shape index (κ3) is 2.41. The number of hydrogen-bond donors (Lipinski definition) is 1. The number of nitrogens with zero attached hydrogens (tertiary/aromatic N) is 3. The smallest absolute Gasteiger partial charge is 0.223 e. The third-order valence-corrected chi connectivity index (χ3v) is 3.05. The Hall–Kier alpha value is -1.36. The summed E-state index contributed by atoms with van der Waals surface area (Å²) >= 11 is 0. The van der Waals surface area contributed by atoms with Gasteiger partial charge in [-0.2, -0.15) is 0 Å². The lowest BCUT2D eigenvalue weighted by Gasteiger charge is -2.28. The van der Waals surface area contributed by atoms with E-state index in [1.807, 2.05) is 24.9 Å². The molecule has 1 fully saturated rings. The zero-order valence-corrected chi connectivity index (χ0v) is 9.81. The van der Waals surface area contributed by atoms with Gasteiger partial charge in [-0.3, -0.25) is 4.79 Å². The predicted octanol–water partition coefficient (Wildman–Crippen LogP) is -0.0120. The maximum absolute atomic E-state index is 11.8. The summed E-state index contributed by atoms with van der Waals surface area (Å²) in [5, 5.41) is 3.17. The Labute approximate surface area is 95.5 Å². The lowest BCUT2D eigenvalue weighted by molar-refractivity contribution is -0.131. The van der Waals surface area contributed by atoms with E-state index in [0.29, 0.717) is 18.9 Å². The Bertz CT molecular complexity index is 370. The highest BCUT2D eigenvalue weighted by Gasteiger charge is 2.22. The van der Waals surface area contributed by atoms with Gasteiger partial charge >= 0.3 is 0 Å². The standard InChI is InChI=1S/C11H18N4O/c1-14-4-3-13-10(14)8-15(2)11(16)5-9-6-12-7-9/h3-4,9,12H,5-8H2,1-2H3. The maximum Gasteiger partial charge on any atom is 0.223 e. The summed E-state index contributed by atoms with van der Waals surface area (Å²) in [6.07, 6.45) is 4.29. The van der Waals surface area contributed by atoms with Gasteiger partial charge in [0.05, 0.1) is 6.54 Å². The van der Waals surface area contributed by atoms with Crippen LogP contribution in [0.3, 0.4) is 0 Å². The average molecular weight is 222 g/mol. The Morgan fingerprint density at radius 1 is 1.69 bits per heavy atom. The number of amides is 1. The van der Waals surface area contributed by atoms with Crippen LogP contribution in [0.1, 0.15) is 12.2 Å². The first-order valence-electron chi connectivity index (χ1n) is 5.57. The van der Waals surface area contributed by atoms with Crippen LogP contribution >= 0.6 is 0 Å². The molecule has 0 radical (unpaired) electrons. The second kappa shape index (κ2) is 4.65. The van der Waals surface area contributed by atoms with Gasteiger partial charge in [0.1, 0.15) is 5.82 Å². The second-order valence-electron chi connectivity index (χ2n) is 4.43. The van der Waals surface area contributed by atoms with Crippen molar-refractivity contribution >= 4 is 5.91 Å². The largest absolute Gasteiger partial charge is 0.338 e. The fourth-order valence-corrected chi connectivity index (χ4v) is 1.74. The molecule has 0 spiro atoms. The molecule has 2 rings (SSSR count). The molecule has 0 saturated carbocycles. The van der Waals surface area contributed by atoms with Crippen molar-refractivity contribution in [1.82, 2.24) is 19.8 Å². The van der Waals surface area contributed by atoms with Crippen molar-refractivity contribution in [2.45, 2.75) is 13.0 Å². The minimum atomic E-state index is 0.203. The van der Waals surface area contributed by atoms with Crippen LogP contribution < -0.4 is 5.32 Å². The van der Waals surface area contributed by atoms with E-state index in [0.717, 1.165) is 18.9 Å². The Balaban J connectivity index is 1.84. The summed E-state index contributed by atoms with van der Waals surface area (Å²) in [5.41, 5.74) is 0. The summed E-state index contributed by atoms with van der Waals surface area (Å²) in [6.45, 7) is 2.53. The number of rotatable bonds is 4. The van der Waals surface area contributed by atoms with Crippen LogP contribution in [0, 0.1) is 5.92 Å². The molecule has 88 valence electrons. The normalized spacial score (nSPS) is 15.9. The highest BCUT2D eigenvalue weighted by atomic mass is 16.2. The number of aromatic nitrogens is 2. The van der Waals surface area contributed by atoms with Crippen molar-refractivity contribution in [3.8, 4) is 0 Å². The van der Waals surface area contributed by atoms with E-state index in [1.54, 1.807) is 11.1 Å². The van der Waals surface area contributed by atoms with Crippen molar-refractivity contribution in [3.63, 3.8) is 0 Å². The molecule has 1 amide bonds. The molecule has 0 atom stereocenters. The molecule has 1 saturated heterocycles. The van der Waals surface area contributed by atoms with E-state index in [1.165, 1.54) is 0 Å². The second-order valence-corrected chi connectivity index (χ2v) is 4.43. The molecule has 1 N–H and O–H groups in total.